The molecule has 1 aliphatic carbocycles. The molecule has 1 aromatic heterocycles. The normalized spacial score (nSPS) is 21.8. The minimum atomic E-state index is -3.40. The molecule has 0 spiro atoms. The van der Waals surface area contributed by atoms with Crippen molar-refractivity contribution in [2.45, 2.75) is 36.1 Å². The lowest BCUT2D eigenvalue weighted by Crippen LogP contribution is -2.29. The number of nitrogens with one attached hydrogen (secondary N) is 2. The van der Waals surface area contributed by atoms with E-state index in [2.05, 4.69) is 10.0 Å². The third-order valence-corrected chi connectivity index (χ3v) is 6.44. The Bertz CT molecular complexity index is 588. The highest BCUT2D eigenvalue weighted by atomic mass is 35.5. The fourth-order valence-electron chi connectivity index (χ4n) is 2.27. The number of halogens is 1. The van der Waals surface area contributed by atoms with Crippen LogP contribution in [-0.2, 0) is 21.4 Å². The zero-order valence-corrected chi connectivity index (χ0v) is 14.1. The summed E-state index contributed by atoms with van der Waals surface area (Å²) in [5, 5.41) is 2.84. The number of rotatable bonds is 5. The Morgan fingerprint density at radius 3 is 2.71 bits per heavy atom. The van der Waals surface area contributed by atoms with Gasteiger partial charge in [-0.05, 0) is 38.4 Å². The largest absolute Gasteiger partial charge is 0.351 e. The molecule has 2 atom stereocenters. The molecule has 2 unspecified atom stereocenters. The highest BCUT2D eigenvalue weighted by molar-refractivity contribution is 7.91. The summed E-state index contributed by atoms with van der Waals surface area (Å²) in [7, 11) is -2.02. The summed E-state index contributed by atoms with van der Waals surface area (Å²) in [6.07, 6.45) is 2.45. The number of thiophene rings is 1. The lowest BCUT2D eigenvalue weighted by atomic mass is 10.1. The first-order chi connectivity index (χ1) is 9.42. The van der Waals surface area contributed by atoms with Crippen LogP contribution in [0.2, 0.25) is 0 Å². The second kappa shape index (κ2) is 7.55. The maximum Gasteiger partial charge on any atom is 0.249 e. The van der Waals surface area contributed by atoms with Crippen LogP contribution in [0.4, 0.5) is 0 Å². The first-order valence-electron chi connectivity index (χ1n) is 6.48. The molecule has 1 saturated carbocycles. The first-order valence-corrected chi connectivity index (χ1v) is 8.78. The van der Waals surface area contributed by atoms with Gasteiger partial charge in [0.1, 0.15) is 4.21 Å². The number of hydrogen-bond donors (Lipinski definition) is 3. The van der Waals surface area contributed by atoms with Gasteiger partial charge in [-0.25, -0.2) is 13.1 Å². The molecule has 6 nitrogen and oxygen atoms in total. The van der Waals surface area contributed by atoms with Gasteiger partial charge in [-0.2, -0.15) is 0 Å². The second-order valence-electron chi connectivity index (χ2n) is 4.92. The van der Waals surface area contributed by atoms with E-state index in [4.69, 9.17) is 5.73 Å². The fourth-order valence-corrected chi connectivity index (χ4v) is 4.40. The SMILES string of the molecule is CNS(=O)(=O)c1ccc(CNC(=O)C2CCC(N)C2)s1.Cl. The summed E-state index contributed by atoms with van der Waals surface area (Å²) in [6.45, 7) is 0.356. The Hall–Kier alpha value is -0.670. The van der Waals surface area contributed by atoms with E-state index in [-0.39, 0.29) is 34.5 Å². The second-order valence-corrected chi connectivity index (χ2v) is 8.20. The average molecular weight is 354 g/mol. The van der Waals surface area contributed by atoms with Gasteiger partial charge in [0.2, 0.25) is 15.9 Å². The van der Waals surface area contributed by atoms with E-state index in [1.807, 2.05) is 0 Å². The van der Waals surface area contributed by atoms with E-state index >= 15 is 0 Å². The summed E-state index contributed by atoms with van der Waals surface area (Å²) in [6, 6.07) is 3.39. The molecule has 1 aliphatic rings. The summed E-state index contributed by atoms with van der Waals surface area (Å²) < 4.78 is 25.7. The Balaban J connectivity index is 0.00000220. The van der Waals surface area contributed by atoms with Gasteiger partial charge in [0, 0.05) is 16.8 Å². The van der Waals surface area contributed by atoms with Gasteiger partial charge in [0.05, 0.1) is 6.54 Å². The third-order valence-electron chi connectivity index (χ3n) is 3.45. The van der Waals surface area contributed by atoms with Crippen molar-refractivity contribution in [2.24, 2.45) is 11.7 Å². The minimum Gasteiger partial charge on any atom is -0.351 e. The van der Waals surface area contributed by atoms with Gasteiger partial charge in [0.15, 0.2) is 0 Å². The molecule has 0 radical (unpaired) electrons. The summed E-state index contributed by atoms with van der Waals surface area (Å²) >= 11 is 1.16. The zero-order valence-electron chi connectivity index (χ0n) is 11.7. The van der Waals surface area contributed by atoms with Crippen molar-refractivity contribution in [2.75, 3.05) is 7.05 Å². The summed E-state index contributed by atoms with van der Waals surface area (Å²) in [4.78, 5) is 12.7. The topological polar surface area (TPSA) is 101 Å². The maximum atomic E-state index is 11.9. The molecule has 4 N–H and O–H groups in total. The predicted octanol–water partition coefficient (Wildman–Crippen LogP) is 0.822. The maximum absolute atomic E-state index is 11.9. The molecule has 0 bridgehead atoms. The van der Waals surface area contributed by atoms with E-state index in [9.17, 15) is 13.2 Å². The lowest BCUT2D eigenvalue weighted by molar-refractivity contribution is -0.124. The number of sulfonamides is 1. The minimum absolute atomic E-state index is 0. The van der Waals surface area contributed by atoms with Gasteiger partial charge in [-0.3, -0.25) is 4.79 Å². The van der Waals surface area contributed by atoms with Crippen molar-refractivity contribution in [3.8, 4) is 0 Å². The standard InChI is InChI=1S/C12H19N3O3S2.ClH/c1-14-20(17,18)11-5-4-10(19-11)7-15-12(16)8-2-3-9(13)6-8;/h4-5,8-9,14H,2-3,6-7,13H2,1H3,(H,15,16);1H. The number of carbonyl (C=O) groups excluding carboxylic acids is 1. The van der Waals surface area contributed by atoms with Crippen molar-refractivity contribution >= 4 is 39.7 Å². The fraction of sp³-hybridized carbons (Fsp3) is 0.583. The molecule has 2 rings (SSSR count). The van der Waals surface area contributed by atoms with Crippen LogP contribution in [0.5, 0.6) is 0 Å². The van der Waals surface area contributed by atoms with E-state index in [0.29, 0.717) is 6.54 Å². The van der Waals surface area contributed by atoms with Gasteiger partial charge in [0.25, 0.3) is 0 Å². The van der Waals surface area contributed by atoms with E-state index < -0.39 is 10.0 Å². The Kier molecular flexibility index (Phi) is 6.61. The monoisotopic (exact) mass is 353 g/mol. The molecular weight excluding hydrogens is 334 g/mol. The quantitative estimate of drug-likeness (QED) is 0.729. The first kappa shape index (κ1) is 18.4. The molecule has 21 heavy (non-hydrogen) atoms. The van der Waals surface area contributed by atoms with Crippen molar-refractivity contribution in [1.82, 2.24) is 10.0 Å². The lowest BCUT2D eigenvalue weighted by Gasteiger charge is -2.09. The van der Waals surface area contributed by atoms with E-state index in [0.717, 1.165) is 35.5 Å². The predicted molar refractivity (Wildman–Crippen MR) is 85.0 cm³/mol. The Morgan fingerprint density at radius 2 is 2.14 bits per heavy atom. The van der Waals surface area contributed by atoms with Gasteiger partial charge >= 0.3 is 0 Å². The van der Waals surface area contributed by atoms with Crippen LogP contribution in [0.1, 0.15) is 24.1 Å². The number of hydrogen-bond acceptors (Lipinski definition) is 5. The summed E-state index contributed by atoms with van der Waals surface area (Å²) in [5.74, 6) is -0.00477. The van der Waals surface area contributed by atoms with Crippen LogP contribution in [-0.4, -0.2) is 27.4 Å². The Morgan fingerprint density at radius 1 is 1.43 bits per heavy atom. The van der Waals surface area contributed by atoms with Gasteiger partial charge in [-0.1, -0.05) is 0 Å². The molecule has 1 amide bonds. The number of nitrogens with two attached hydrogens (primary N) is 1. The summed E-state index contributed by atoms with van der Waals surface area (Å²) in [5.41, 5.74) is 5.79. The molecule has 0 aliphatic heterocycles. The van der Waals surface area contributed by atoms with Crippen LogP contribution in [0.25, 0.3) is 0 Å². The molecule has 1 fully saturated rings. The zero-order chi connectivity index (χ0) is 14.8. The number of carbonyl (C=O) groups is 1. The van der Waals surface area contributed by atoms with Crippen molar-refractivity contribution < 1.29 is 13.2 Å². The Labute approximate surface area is 135 Å². The molecular formula is C12H20ClN3O3S2. The van der Waals surface area contributed by atoms with E-state index in [1.165, 1.54) is 7.05 Å². The van der Waals surface area contributed by atoms with Crippen LogP contribution < -0.4 is 15.8 Å². The highest BCUT2D eigenvalue weighted by Crippen LogP contribution is 2.25. The van der Waals surface area contributed by atoms with Gasteiger partial charge < -0.3 is 11.1 Å². The molecule has 1 aromatic rings. The smallest absolute Gasteiger partial charge is 0.249 e. The molecule has 1 heterocycles. The molecule has 120 valence electrons. The van der Waals surface area contributed by atoms with Crippen molar-refractivity contribution in [3.63, 3.8) is 0 Å². The van der Waals surface area contributed by atoms with Crippen LogP contribution in [0.3, 0.4) is 0 Å². The highest BCUT2D eigenvalue weighted by Gasteiger charge is 2.27. The third kappa shape index (κ3) is 4.65. The molecule has 9 heteroatoms. The van der Waals surface area contributed by atoms with Crippen LogP contribution in [0, 0.1) is 5.92 Å². The van der Waals surface area contributed by atoms with Crippen molar-refractivity contribution in [3.05, 3.63) is 17.0 Å². The molecule has 0 saturated heterocycles. The number of amides is 1. The average Bonchev–Trinajstić information content (AvgIpc) is 3.05. The van der Waals surface area contributed by atoms with Crippen molar-refractivity contribution in [1.29, 1.82) is 0 Å². The van der Waals surface area contributed by atoms with Crippen LogP contribution in [0.15, 0.2) is 16.3 Å². The van der Waals surface area contributed by atoms with Gasteiger partial charge in [-0.15, -0.1) is 23.7 Å². The van der Waals surface area contributed by atoms with E-state index in [1.54, 1.807) is 12.1 Å². The van der Waals surface area contributed by atoms with Crippen LogP contribution >= 0.6 is 23.7 Å². The molecule has 0 aromatic carbocycles.